The number of ether oxygens (including phenoxy) is 2. The lowest BCUT2D eigenvalue weighted by Gasteiger charge is -2.19. The normalized spacial score (nSPS) is 12.5. The minimum absolute atomic E-state index is 0.0382. The van der Waals surface area contributed by atoms with E-state index in [-0.39, 0.29) is 12.0 Å². The highest BCUT2D eigenvalue weighted by atomic mass is 19.3. The molecule has 14 heteroatoms. The Bertz CT molecular complexity index is 823. The molecule has 0 saturated heterocycles. The fraction of sp³-hybridized carbons (Fsp3) is 0.611. The quantitative estimate of drug-likeness (QED) is 0.0847. The summed E-state index contributed by atoms with van der Waals surface area (Å²) in [7, 11) is 0. The van der Waals surface area contributed by atoms with E-state index >= 15 is 0 Å². The maximum absolute atomic E-state index is 13.3. The second-order valence-corrected chi connectivity index (χ2v) is 6.75. The van der Waals surface area contributed by atoms with E-state index in [1.165, 1.54) is 0 Å². The average molecular weight is 472 g/mol. The van der Waals surface area contributed by atoms with Gasteiger partial charge in [0.1, 0.15) is 0 Å². The summed E-state index contributed by atoms with van der Waals surface area (Å²) in [5, 5.41) is 22.4. The number of nitro groups is 2. The number of alkyl halides is 5. The first-order valence-electron chi connectivity index (χ1n) is 9.56. The van der Waals surface area contributed by atoms with Gasteiger partial charge in [-0.1, -0.05) is 39.0 Å². The number of nitrogens with zero attached hydrogens (tertiary/aromatic N) is 2. The van der Waals surface area contributed by atoms with Crippen LogP contribution in [-0.4, -0.2) is 34.7 Å². The van der Waals surface area contributed by atoms with Crippen molar-refractivity contribution in [3.63, 3.8) is 0 Å². The average Bonchev–Trinajstić information content (AvgIpc) is 2.70. The zero-order chi connectivity index (χ0) is 24.5. The van der Waals surface area contributed by atoms with Crippen LogP contribution in [0.3, 0.4) is 0 Å². The largest absolute Gasteiger partial charge is 0.516 e. The van der Waals surface area contributed by atoms with E-state index in [1.54, 1.807) is 0 Å². The van der Waals surface area contributed by atoms with Crippen LogP contribution in [0.2, 0.25) is 0 Å². The SMILES string of the molecule is CCCCCCCCc1cc([N+](=O)[O-])cc([N+](=O)[O-])c1OC(=O)OC(F)C(F)(F)C(F)F. The topological polar surface area (TPSA) is 122 Å². The maximum atomic E-state index is 13.3. The van der Waals surface area contributed by atoms with Crippen molar-refractivity contribution in [2.75, 3.05) is 0 Å². The van der Waals surface area contributed by atoms with Gasteiger partial charge in [0.2, 0.25) is 5.75 Å². The summed E-state index contributed by atoms with van der Waals surface area (Å²) in [4.78, 5) is 32.0. The Labute approximate surface area is 178 Å². The summed E-state index contributed by atoms with van der Waals surface area (Å²) < 4.78 is 71.4. The Morgan fingerprint density at radius 2 is 1.62 bits per heavy atom. The summed E-state index contributed by atoms with van der Waals surface area (Å²) in [6.45, 7) is 2.00. The zero-order valence-electron chi connectivity index (χ0n) is 16.9. The number of hydrogen-bond donors (Lipinski definition) is 0. The van der Waals surface area contributed by atoms with Gasteiger partial charge in [0, 0.05) is 11.6 Å². The molecule has 32 heavy (non-hydrogen) atoms. The molecule has 0 aliphatic rings. The van der Waals surface area contributed by atoms with Crippen LogP contribution in [0.15, 0.2) is 12.1 Å². The van der Waals surface area contributed by atoms with Gasteiger partial charge in [-0.05, 0) is 12.8 Å². The number of nitro benzene ring substituents is 2. The zero-order valence-corrected chi connectivity index (χ0v) is 16.9. The molecule has 0 spiro atoms. The second-order valence-electron chi connectivity index (χ2n) is 6.75. The molecule has 1 aromatic carbocycles. The summed E-state index contributed by atoms with van der Waals surface area (Å²) in [6, 6.07) is 1.33. The van der Waals surface area contributed by atoms with Gasteiger partial charge in [0.15, 0.2) is 0 Å². The molecule has 1 rings (SSSR count). The lowest BCUT2D eigenvalue weighted by molar-refractivity contribution is -0.394. The predicted octanol–water partition coefficient (Wildman–Crippen LogP) is 6.12. The molecule has 0 radical (unpaired) electrons. The fourth-order valence-corrected chi connectivity index (χ4v) is 2.67. The number of carbonyl (C=O) groups excluding carboxylic acids is 1. The Hall–Kier alpha value is -3.06. The van der Waals surface area contributed by atoms with Crippen LogP contribution < -0.4 is 4.74 Å². The number of carbonyl (C=O) groups is 1. The van der Waals surface area contributed by atoms with Crippen molar-refractivity contribution in [2.45, 2.75) is 70.6 Å². The monoisotopic (exact) mass is 472 g/mol. The van der Waals surface area contributed by atoms with Crippen molar-refractivity contribution in [3.8, 4) is 5.75 Å². The molecule has 0 amide bonds. The molecular weight excluding hydrogens is 451 g/mol. The van der Waals surface area contributed by atoms with E-state index < -0.39 is 51.8 Å². The van der Waals surface area contributed by atoms with Gasteiger partial charge >= 0.3 is 30.5 Å². The van der Waals surface area contributed by atoms with Crippen molar-refractivity contribution in [1.29, 1.82) is 0 Å². The minimum atomic E-state index is -5.35. The number of hydrogen-bond acceptors (Lipinski definition) is 7. The molecule has 180 valence electrons. The van der Waals surface area contributed by atoms with Crippen LogP contribution in [0.5, 0.6) is 5.75 Å². The summed E-state index contributed by atoms with van der Waals surface area (Å²) in [5.41, 5.74) is -1.98. The molecule has 9 nitrogen and oxygen atoms in total. The van der Waals surface area contributed by atoms with E-state index in [9.17, 15) is 47.0 Å². The lowest BCUT2D eigenvalue weighted by atomic mass is 10.0. The fourth-order valence-electron chi connectivity index (χ4n) is 2.67. The van der Waals surface area contributed by atoms with Crippen LogP contribution in [0.4, 0.5) is 38.1 Å². The highest BCUT2D eigenvalue weighted by molar-refractivity contribution is 5.69. The number of aryl methyl sites for hydroxylation is 1. The van der Waals surface area contributed by atoms with Gasteiger partial charge in [-0.3, -0.25) is 20.2 Å². The molecule has 0 N–H and O–H groups in total. The molecule has 0 aromatic heterocycles. The van der Waals surface area contributed by atoms with Gasteiger partial charge < -0.3 is 9.47 Å². The van der Waals surface area contributed by atoms with Crippen LogP contribution in [0.25, 0.3) is 0 Å². The molecular formula is C18H21F5N2O7. The van der Waals surface area contributed by atoms with E-state index in [4.69, 9.17) is 0 Å². The Kier molecular flexibility index (Phi) is 10.2. The molecule has 0 saturated carbocycles. The van der Waals surface area contributed by atoms with Crippen LogP contribution in [0.1, 0.15) is 51.0 Å². The molecule has 1 aromatic rings. The van der Waals surface area contributed by atoms with Crippen molar-refractivity contribution < 1.29 is 46.1 Å². The number of non-ortho nitro benzene ring substituents is 1. The highest BCUT2D eigenvalue weighted by Gasteiger charge is 2.52. The standard InChI is InChI=1S/C18H21F5N2O7/c1-2-3-4-5-6-7-8-11-9-12(24(27)28)10-13(25(29)30)14(11)31-17(26)32-16(21)18(22,23)15(19)20/h9-10,15-16H,2-8H2,1H3. The number of benzene rings is 1. The van der Waals surface area contributed by atoms with Gasteiger partial charge in [-0.2, -0.15) is 13.2 Å². The Balaban J connectivity index is 3.13. The van der Waals surface area contributed by atoms with Gasteiger partial charge in [0.25, 0.3) is 5.69 Å². The van der Waals surface area contributed by atoms with E-state index in [1.807, 2.05) is 6.92 Å². The number of halogens is 5. The van der Waals surface area contributed by atoms with Crippen LogP contribution in [-0.2, 0) is 11.2 Å². The third-order valence-corrected chi connectivity index (χ3v) is 4.32. The molecule has 1 unspecified atom stereocenters. The number of unbranched alkanes of at least 4 members (excludes halogenated alkanes) is 5. The van der Waals surface area contributed by atoms with Crippen LogP contribution >= 0.6 is 0 Å². The Morgan fingerprint density at radius 3 is 2.16 bits per heavy atom. The van der Waals surface area contributed by atoms with Crippen LogP contribution in [0, 0.1) is 20.2 Å². The molecule has 0 aliphatic heterocycles. The summed E-state index contributed by atoms with van der Waals surface area (Å²) >= 11 is 0. The predicted molar refractivity (Wildman–Crippen MR) is 99.8 cm³/mol. The first-order chi connectivity index (χ1) is 14.9. The molecule has 0 aliphatic carbocycles. The smallest absolute Gasteiger partial charge is 0.392 e. The first-order valence-corrected chi connectivity index (χ1v) is 9.56. The second kappa shape index (κ2) is 12.1. The first kappa shape index (κ1) is 27.0. The highest BCUT2D eigenvalue weighted by Crippen LogP contribution is 2.37. The minimum Gasteiger partial charge on any atom is -0.392 e. The third-order valence-electron chi connectivity index (χ3n) is 4.32. The van der Waals surface area contributed by atoms with E-state index in [2.05, 4.69) is 9.47 Å². The van der Waals surface area contributed by atoms with Crippen molar-refractivity contribution >= 4 is 17.5 Å². The summed E-state index contributed by atoms with van der Waals surface area (Å²) in [5.74, 6) is -6.23. The third kappa shape index (κ3) is 7.57. The van der Waals surface area contributed by atoms with E-state index in [0.717, 1.165) is 31.7 Å². The summed E-state index contributed by atoms with van der Waals surface area (Å²) in [6.07, 6.45) is -6.18. The van der Waals surface area contributed by atoms with Gasteiger partial charge in [0.05, 0.1) is 15.9 Å². The maximum Gasteiger partial charge on any atom is 0.516 e. The molecule has 0 bridgehead atoms. The lowest BCUT2D eigenvalue weighted by Crippen LogP contribution is -2.41. The van der Waals surface area contributed by atoms with Crippen molar-refractivity contribution in [1.82, 2.24) is 0 Å². The van der Waals surface area contributed by atoms with E-state index in [0.29, 0.717) is 18.9 Å². The number of rotatable bonds is 13. The molecule has 0 heterocycles. The van der Waals surface area contributed by atoms with Gasteiger partial charge in [-0.15, -0.1) is 0 Å². The van der Waals surface area contributed by atoms with Gasteiger partial charge in [-0.25, -0.2) is 13.6 Å². The molecule has 0 fully saturated rings. The van der Waals surface area contributed by atoms with Crippen molar-refractivity contribution in [3.05, 3.63) is 37.9 Å². The van der Waals surface area contributed by atoms with Crippen molar-refractivity contribution in [2.24, 2.45) is 0 Å². The Morgan fingerprint density at radius 1 is 1.03 bits per heavy atom. The molecule has 1 atom stereocenters.